The topological polar surface area (TPSA) is 54.4 Å². The third-order valence-electron chi connectivity index (χ3n) is 2.12. The maximum absolute atomic E-state index is 11.8. The van der Waals surface area contributed by atoms with E-state index in [1.807, 2.05) is 0 Å². The summed E-state index contributed by atoms with van der Waals surface area (Å²) in [6.07, 6.45) is 0.271. The summed E-state index contributed by atoms with van der Waals surface area (Å²) in [4.78, 5) is 11.0. The molecule has 0 aliphatic heterocycles. The van der Waals surface area contributed by atoms with Gasteiger partial charge in [-0.05, 0) is 26.7 Å². The van der Waals surface area contributed by atoms with E-state index in [0.717, 1.165) is 0 Å². The van der Waals surface area contributed by atoms with Gasteiger partial charge in [0.2, 0.25) is 0 Å². The summed E-state index contributed by atoms with van der Waals surface area (Å²) < 4.78 is 11.8. The number of carboxylic acids is 1. The molecule has 0 saturated heterocycles. The van der Waals surface area contributed by atoms with Crippen LogP contribution >= 0.6 is 7.14 Å². The molecule has 74 valence electrons. The Morgan fingerprint density at radius 1 is 1.54 bits per heavy atom. The fourth-order valence-corrected chi connectivity index (χ4v) is 2.85. The zero-order valence-corrected chi connectivity index (χ0v) is 9.31. The minimum absolute atomic E-state index is 0.271. The molecule has 0 amide bonds. The summed E-state index contributed by atoms with van der Waals surface area (Å²) >= 11 is 0. The Kier molecular flexibility index (Phi) is 3.75. The molecule has 0 heterocycles. The van der Waals surface area contributed by atoms with Crippen LogP contribution in [0.25, 0.3) is 0 Å². The molecule has 0 saturated carbocycles. The first-order chi connectivity index (χ1) is 5.81. The molecule has 0 fully saturated rings. The third kappa shape index (κ3) is 2.14. The third-order valence-corrected chi connectivity index (χ3v) is 4.57. The van der Waals surface area contributed by atoms with Gasteiger partial charge in [-0.2, -0.15) is 0 Å². The molecular weight excluding hydrogens is 187 g/mol. The number of aliphatic carboxylic acids is 1. The van der Waals surface area contributed by atoms with Crippen molar-refractivity contribution in [3.05, 3.63) is 0 Å². The fourth-order valence-electron chi connectivity index (χ4n) is 1.25. The van der Waals surface area contributed by atoms with Gasteiger partial charge in [-0.25, -0.2) is 0 Å². The van der Waals surface area contributed by atoms with Gasteiger partial charge in [-0.1, -0.05) is 12.8 Å². The van der Waals surface area contributed by atoms with E-state index in [0.29, 0.717) is 0 Å². The van der Waals surface area contributed by atoms with Gasteiger partial charge < -0.3 is 9.67 Å². The van der Waals surface area contributed by atoms with Crippen LogP contribution in [0.3, 0.4) is 0 Å². The molecule has 0 radical (unpaired) electrons. The quantitative estimate of drug-likeness (QED) is 0.561. The first-order valence-corrected chi connectivity index (χ1v) is 6.64. The van der Waals surface area contributed by atoms with Crippen molar-refractivity contribution in [1.82, 2.24) is 0 Å². The number of rotatable bonds is 3. The predicted molar refractivity (Wildman–Crippen MR) is 53.6 cm³/mol. The van der Waals surface area contributed by atoms with E-state index in [-0.39, 0.29) is 6.42 Å². The Morgan fingerprint density at radius 2 is 2.00 bits per heavy atom. The summed E-state index contributed by atoms with van der Waals surface area (Å²) in [6.45, 7) is 6.19. The van der Waals surface area contributed by atoms with Gasteiger partial charge in [0.15, 0.2) is 5.16 Å². The lowest BCUT2D eigenvalue weighted by molar-refractivity contribution is -0.138. The minimum Gasteiger partial charge on any atom is -0.480 e. The lowest BCUT2D eigenvalue weighted by Gasteiger charge is -2.26. The maximum Gasteiger partial charge on any atom is 0.329 e. The van der Waals surface area contributed by atoms with Crippen molar-refractivity contribution >= 4 is 13.1 Å². The van der Waals surface area contributed by atoms with Crippen molar-refractivity contribution in [3.63, 3.8) is 0 Å². The van der Waals surface area contributed by atoms with Crippen LogP contribution in [-0.4, -0.2) is 29.6 Å². The Labute approximate surface area is 78.9 Å². The van der Waals surface area contributed by atoms with Crippen LogP contribution in [0.2, 0.25) is 0 Å². The molecule has 0 rings (SSSR count). The maximum atomic E-state index is 11.8. The molecule has 0 aromatic carbocycles. The highest BCUT2D eigenvalue weighted by atomic mass is 31.2. The van der Waals surface area contributed by atoms with Crippen LogP contribution in [-0.2, 0) is 9.36 Å². The summed E-state index contributed by atoms with van der Waals surface area (Å²) in [5.74, 6) is 4.03. The molecule has 0 aliphatic rings. The Bertz CT molecular complexity index is 305. The molecule has 13 heavy (non-hydrogen) atoms. The zero-order chi connectivity index (χ0) is 10.7. The van der Waals surface area contributed by atoms with Crippen molar-refractivity contribution in [3.8, 4) is 11.8 Å². The number of hydrogen-bond acceptors (Lipinski definition) is 2. The fraction of sp³-hybridized carbons (Fsp3) is 0.667. The van der Waals surface area contributed by atoms with Crippen molar-refractivity contribution in [2.45, 2.75) is 25.4 Å². The van der Waals surface area contributed by atoms with Gasteiger partial charge >= 0.3 is 5.97 Å². The average molecular weight is 202 g/mol. The van der Waals surface area contributed by atoms with Gasteiger partial charge in [0, 0.05) is 0 Å². The lowest BCUT2D eigenvalue weighted by Crippen LogP contribution is -2.35. The van der Waals surface area contributed by atoms with Gasteiger partial charge in [-0.15, -0.1) is 5.92 Å². The molecule has 3 nitrogen and oxygen atoms in total. The van der Waals surface area contributed by atoms with Crippen LogP contribution in [0, 0.1) is 11.8 Å². The largest absolute Gasteiger partial charge is 0.480 e. The smallest absolute Gasteiger partial charge is 0.329 e. The van der Waals surface area contributed by atoms with Crippen LogP contribution in [0.15, 0.2) is 0 Å². The molecule has 0 aromatic rings. The first-order valence-electron chi connectivity index (χ1n) is 4.04. The van der Waals surface area contributed by atoms with Crippen molar-refractivity contribution in [1.29, 1.82) is 0 Å². The summed E-state index contributed by atoms with van der Waals surface area (Å²) in [6, 6.07) is 0. The second-order valence-electron chi connectivity index (χ2n) is 3.24. The predicted octanol–water partition coefficient (Wildman–Crippen LogP) is 1.87. The Hall–Kier alpha value is -0.740. The standard InChI is InChI=1S/C9H15O3P/c1-5-7-9(6-2,8(10)11)13(3,4)12/h6H2,1-4H3,(H,10,11). The average Bonchev–Trinajstić information content (AvgIpc) is 1.96. The number of carboxylic acid groups (broad SMARTS) is 1. The van der Waals surface area contributed by atoms with Gasteiger partial charge in [0.1, 0.15) is 7.14 Å². The van der Waals surface area contributed by atoms with E-state index in [1.165, 1.54) is 13.3 Å². The highest BCUT2D eigenvalue weighted by Crippen LogP contribution is 2.53. The molecular formula is C9H15O3P. The molecule has 0 spiro atoms. The molecule has 0 bridgehead atoms. The van der Waals surface area contributed by atoms with Crippen molar-refractivity contribution in [2.24, 2.45) is 0 Å². The molecule has 1 unspecified atom stereocenters. The number of carbonyl (C=O) groups is 1. The second-order valence-corrected chi connectivity index (χ2v) is 6.71. The highest BCUT2D eigenvalue weighted by molar-refractivity contribution is 7.65. The molecule has 0 aromatic heterocycles. The Morgan fingerprint density at radius 3 is 2.08 bits per heavy atom. The van der Waals surface area contributed by atoms with E-state index in [1.54, 1.807) is 13.8 Å². The highest BCUT2D eigenvalue weighted by Gasteiger charge is 2.46. The SMILES string of the molecule is CC#CC(CC)(C(=O)O)P(C)(C)=O. The van der Waals surface area contributed by atoms with Crippen LogP contribution in [0.1, 0.15) is 20.3 Å². The van der Waals surface area contributed by atoms with Crippen molar-refractivity contribution in [2.75, 3.05) is 13.3 Å². The summed E-state index contributed by atoms with van der Waals surface area (Å²) in [7, 11) is -2.75. The number of hydrogen-bond donors (Lipinski definition) is 1. The molecule has 4 heteroatoms. The minimum atomic E-state index is -2.75. The summed E-state index contributed by atoms with van der Waals surface area (Å²) in [5.41, 5.74) is 0. The first kappa shape index (κ1) is 12.3. The Balaban J connectivity index is 5.47. The molecule has 0 aliphatic carbocycles. The zero-order valence-electron chi connectivity index (χ0n) is 8.42. The van der Waals surface area contributed by atoms with Gasteiger partial charge in [0.25, 0.3) is 0 Å². The molecule has 1 atom stereocenters. The van der Waals surface area contributed by atoms with Crippen LogP contribution in [0.4, 0.5) is 0 Å². The van der Waals surface area contributed by atoms with E-state index in [9.17, 15) is 9.36 Å². The van der Waals surface area contributed by atoms with Gasteiger partial charge in [-0.3, -0.25) is 4.79 Å². The van der Waals surface area contributed by atoms with E-state index in [4.69, 9.17) is 5.11 Å². The van der Waals surface area contributed by atoms with Crippen LogP contribution in [0.5, 0.6) is 0 Å². The second kappa shape index (κ2) is 3.98. The molecule has 1 N–H and O–H groups in total. The van der Waals surface area contributed by atoms with Gasteiger partial charge in [0.05, 0.1) is 0 Å². The normalized spacial score (nSPS) is 15.4. The summed E-state index contributed by atoms with van der Waals surface area (Å²) in [5, 5.41) is 7.66. The van der Waals surface area contributed by atoms with Crippen molar-refractivity contribution < 1.29 is 14.5 Å². The monoisotopic (exact) mass is 202 g/mol. The van der Waals surface area contributed by atoms with E-state index in [2.05, 4.69) is 11.8 Å². The van der Waals surface area contributed by atoms with Crippen LogP contribution < -0.4 is 0 Å². The van der Waals surface area contributed by atoms with E-state index >= 15 is 0 Å². The van der Waals surface area contributed by atoms with E-state index < -0.39 is 18.3 Å². The lowest BCUT2D eigenvalue weighted by atomic mass is 10.1.